The summed E-state index contributed by atoms with van der Waals surface area (Å²) < 4.78 is 2.36. The number of amides is 1. The van der Waals surface area contributed by atoms with Crippen molar-refractivity contribution in [2.75, 3.05) is 5.32 Å². The Labute approximate surface area is 185 Å². The number of hydrogen-bond donors (Lipinski definition) is 1. The van der Waals surface area contributed by atoms with E-state index in [4.69, 9.17) is 0 Å². The Kier molecular flexibility index (Phi) is 5.48. The second-order valence-electron chi connectivity index (χ2n) is 7.99. The molecule has 0 aliphatic heterocycles. The van der Waals surface area contributed by atoms with Crippen LogP contribution in [0.4, 0.5) is 5.69 Å². The fourth-order valence-corrected chi connectivity index (χ4v) is 3.91. The number of benzene rings is 2. The molecular weight excluding hydrogens is 404 g/mol. The molecule has 0 bridgehead atoms. The fourth-order valence-electron chi connectivity index (χ4n) is 3.91. The second kappa shape index (κ2) is 8.26. The number of rotatable bonds is 4. The topological polar surface area (TPSA) is 86.0 Å². The lowest BCUT2D eigenvalue weighted by Crippen LogP contribution is -2.42. The van der Waals surface area contributed by atoms with Crippen LogP contribution in [0.15, 0.2) is 64.2 Å². The van der Waals surface area contributed by atoms with Gasteiger partial charge in [-0.1, -0.05) is 35.9 Å². The number of carbonyl (C=O) groups excluding carboxylic acids is 1. The largest absolute Gasteiger partial charge is 0.337 e. The molecule has 2 aromatic carbocycles. The summed E-state index contributed by atoms with van der Waals surface area (Å²) in [5.41, 5.74) is 3.75. The average Bonchev–Trinajstić information content (AvgIpc) is 2.73. The van der Waals surface area contributed by atoms with Gasteiger partial charge in [0.2, 0.25) is 5.91 Å². The highest BCUT2D eigenvalue weighted by atomic mass is 16.2. The molecule has 4 rings (SSSR count). The molecule has 2 aromatic heterocycles. The molecule has 0 aliphatic carbocycles. The first-order valence-corrected chi connectivity index (χ1v) is 10.3. The molecule has 0 saturated carbocycles. The van der Waals surface area contributed by atoms with E-state index < -0.39 is 23.7 Å². The molecule has 4 aromatic rings. The smallest absolute Gasteiger partial charge is 0.324 e. The zero-order valence-corrected chi connectivity index (χ0v) is 18.5. The first kappa shape index (κ1) is 21.2. The van der Waals surface area contributed by atoms with E-state index >= 15 is 0 Å². The number of hydrogen-bond acceptors (Lipinski definition) is 4. The molecule has 0 radical (unpaired) electrons. The Morgan fingerprint density at radius 3 is 2.34 bits per heavy atom. The lowest BCUT2D eigenvalue weighted by molar-refractivity contribution is -0.116. The molecule has 0 atom stereocenters. The first-order valence-electron chi connectivity index (χ1n) is 10.3. The third-order valence-electron chi connectivity index (χ3n) is 5.39. The van der Waals surface area contributed by atoms with Gasteiger partial charge < -0.3 is 5.32 Å². The number of anilines is 1. The van der Waals surface area contributed by atoms with Gasteiger partial charge in [0.05, 0.1) is 11.1 Å². The molecule has 0 saturated heterocycles. The lowest BCUT2D eigenvalue weighted by Gasteiger charge is -2.15. The predicted molar refractivity (Wildman–Crippen MR) is 126 cm³/mol. The van der Waals surface area contributed by atoms with Gasteiger partial charge in [-0.15, -0.1) is 0 Å². The minimum absolute atomic E-state index is 0.287. The van der Waals surface area contributed by atoms with Gasteiger partial charge in [0.1, 0.15) is 6.54 Å². The van der Waals surface area contributed by atoms with Gasteiger partial charge in [0.15, 0.2) is 5.65 Å². The minimum Gasteiger partial charge on any atom is -0.324 e. The highest BCUT2D eigenvalue weighted by Crippen LogP contribution is 2.18. The fraction of sp³-hybridized carbons (Fsp3) is 0.200. The highest BCUT2D eigenvalue weighted by molar-refractivity contribution is 5.91. The van der Waals surface area contributed by atoms with Crippen molar-refractivity contribution in [2.24, 2.45) is 0 Å². The summed E-state index contributed by atoms with van der Waals surface area (Å²) in [5, 5.41) is 3.13. The standard InChI is InChI=1S/C25H24N4O3/c1-15-10-11-20(16(2)12-15)27-21(30)14-28-24(31)22-17(3)13-18(4)26-23(22)29(25(28)32)19-8-6-5-7-9-19/h5-13H,14H2,1-4H3,(H,27,30). The van der Waals surface area contributed by atoms with Gasteiger partial charge in [0.25, 0.3) is 5.56 Å². The van der Waals surface area contributed by atoms with Crippen LogP contribution in [0.3, 0.4) is 0 Å². The third kappa shape index (κ3) is 3.85. The molecule has 2 heterocycles. The third-order valence-corrected chi connectivity index (χ3v) is 5.39. The number of aromatic nitrogens is 3. The van der Waals surface area contributed by atoms with Crippen LogP contribution in [0, 0.1) is 27.7 Å². The Hall–Kier alpha value is -4.00. The van der Waals surface area contributed by atoms with Crippen molar-refractivity contribution >= 4 is 22.6 Å². The van der Waals surface area contributed by atoms with E-state index in [1.807, 2.05) is 45.0 Å². The van der Waals surface area contributed by atoms with E-state index in [9.17, 15) is 14.4 Å². The van der Waals surface area contributed by atoms with E-state index in [-0.39, 0.29) is 5.65 Å². The Balaban J connectivity index is 1.87. The number of pyridine rings is 1. The van der Waals surface area contributed by atoms with Crippen LogP contribution in [0.2, 0.25) is 0 Å². The van der Waals surface area contributed by atoms with Crippen molar-refractivity contribution < 1.29 is 4.79 Å². The van der Waals surface area contributed by atoms with E-state index in [2.05, 4.69) is 10.3 Å². The number of aryl methyl sites for hydroxylation is 4. The van der Waals surface area contributed by atoms with E-state index in [0.717, 1.165) is 15.7 Å². The molecule has 0 unspecified atom stereocenters. The zero-order valence-electron chi connectivity index (χ0n) is 18.5. The summed E-state index contributed by atoms with van der Waals surface area (Å²) >= 11 is 0. The number of carbonyl (C=O) groups is 1. The lowest BCUT2D eigenvalue weighted by atomic mass is 10.1. The zero-order chi connectivity index (χ0) is 23.0. The number of nitrogens with zero attached hydrogens (tertiary/aromatic N) is 3. The molecule has 32 heavy (non-hydrogen) atoms. The first-order chi connectivity index (χ1) is 15.3. The molecule has 1 N–H and O–H groups in total. The maximum atomic E-state index is 13.4. The van der Waals surface area contributed by atoms with Gasteiger partial charge in [0, 0.05) is 11.4 Å². The van der Waals surface area contributed by atoms with E-state index in [1.165, 1.54) is 4.57 Å². The van der Waals surface area contributed by atoms with Crippen molar-refractivity contribution in [1.82, 2.24) is 14.1 Å². The molecule has 0 fully saturated rings. The van der Waals surface area contributed by atoms with Gasteiger partial charge in [-0.3, -0.25) is 9.59 Å². The summed E-state index contributed by atoms with van der Waals surface area (Å²) in [7, 11) is 0. The van der Waals surface area contributed by atoms with Crippen LogP contribution >= 0.6 is 0 Å². The predicted octanol–water partition coefficient (Wildman–Crippen LogP) is 3.42. The molecule has 7 nitrogen and oxygen atoms in total. The average molecular weight is 428 g/mol. The molecular formula is C25H24N4O3. The van der Waals surface area contributed by atoms with Crippen molar-refractivity contribution in [3.8, 4) is 5.69 Å². The van der Waals surface area contributed by atoms with Crippen LogP contribution in [-0.4, -0.2) is 20.0 Å². The number of fused-ring (bicyclic) bond motifs is 1. The molecule has 0 aliphatic rings. The molecule has 162 valence electrons. The highest BCUT2D eigenvalue weighted by Gasteiger charge is 2.19. The molecule has 0 spiro atoms. The number of nitrogens with one attached hydrogen (secondary N) is 1. The summed E-state index contributed by atoms with van der Waals surface area (Å²) in [4.78, 5) is 44.0. The van der Waals surface area contributed by atoms with Crippen molar-refractivity contribution in [1.29, 1.82) is 0 Å². The van der Waals surface area contributed by atoms with E-state index in [0.29, 0.717) is 28.0 Å². The number of para-hydroxylation sites is 1. The monoisotopic (exact) mass is 428 g/mol. The minimum atomic E-state index is -0.609. The molecule has 7 heteroatoms. The van der Waals surface area contributed by atoms with Crippen molar-refractivity contribution in [3.05, 3.63) is 97.8 Å². The van der Waals surface area contributed by atoms with Gasteiger partial charge in [-0.2, -0.15) is 0 Å². The van der Waals surface area contributed by atoms with Crippen molar-refractivity contribution in [3.63, 3.8) is 0 Å². The van der Waals surface area contributed by atoms with Crippen LogP contribution in [0.5, 0.6) is 0 Å². The summed E-state index contributed by atoms with van der Waals surface area (Å²) in [6.07, 6.45) is 0. The quantitative estimate of drug-likeness (QED) is 0.540. The normalized spacial score (nSPS) is 11.0. The van der Waals surface area contributed by atoms with Crippen LogP contribution in [0.25, 0.3) is 16.7 Å². The van der Waals surface area contributed by atoms with Gasteiger partial charge in [-0.05, 0) is 63.1 Å². The maximum absolute atomic E-state index is 13.4. The maximum Gasteiger partial charge on any atom is 0.337 e. The Morgan fingerprint density at radius 2 is 1.66 bits per heavy atom. The van der Waals surface area contributed by atoms with Crippen LogP contribution in [0.1, 0.15) is 22.4 Å². The Morgan fingerprint density at radius 1 is 0.938 bits per heavy atom. The van der Waals surface area contributed by atoms with Gasteiger partial charge in [-0.25, -0.2) is 18.9 Å². The Bertz CT molecular complexity index is 1470. The van der Waals surface area contributed by atoms with Gasteiger partial charge >= 0.3 is 5.69 Å². The summed E-state index contributed by atoms with van der Waals surface area (Å²) in [6.45, 7) is 7.08. The summed E-state index contributed by atoms with van der Waals surface area (Å²) in [5.74, 6) is -0.451. The SMILES string of the molecule is Cc1ccc(NC(=O)Cn2c(=O)c3c(C)cc(C)nc3n(-c3ccccc3)c2=O)c(C)c1. The van der Waals surface area contributed by atoms with Crippen molar-refractivity contribution in [2.45, 2.75) is 34.2 Å². The summed E-state index contributed by atoms with van der Waals surface area (Å²) in [6, 6.07) is 16.4. The van der Waals surface area contributed by atoms with Crippen LogP contribution < -0.4 is 16.6 Å². The van der Waals surface area contributed by atoms with E-state index in [1.54, 1.807) is 37.3 Å². The second-order valence-corrected chi connectivity index (χ2v) is 7.99. The molecule has 1 amide bonds. The van der Waals surface area contributed by atoms with Crippen LogP contribution in [-0.2, 0) is 11.3 Å².